The molecule has 0 radical (unpaired) electrons. The summed E-state index contributed by atoms with van der Waals surface area (Å²) in [6.45, 7) is 13.2. The first-order chi connectivity index (χ1) is 17.4. The van der Waals surface area contributed by atoms with Crippen molar-refractivity contribution >= 4 is 30.9 Å². The quantitative estimate of drug-likeness (QED) is 0.229. The third-order valence-corrected chi connectivity index (χ3v) is 11.7. The predicted molar refractivity (Wildman–Crippen MR) is 150 cm³/mol. The summed E-state index contributed by atoms with van der Waals surface area (Å²) in [5, 5.41) is 0.879. The van der Waals surface area contributed by atoms with Gasteiger partial charge in [-0.25, -0.2) is 24.7 Å². The van der Waals surface area contributed by atoms with Crippen LogP contribution in [0.15, 0.2) is 36.8 Å². The number of ether oxygens (including phenoxy) is 1. The summed E-state index contributed by atoms with van der Waals surface area (Å²) in [4.78, 5) is 30.1. The van der Waals surface area contributed by atoms with Crippen LogP contribution >= 0.6 is 0 Å². The molecule has 3 aromatic heterocycles. The van der Waals surface area contributed by atoms with E-state index in [2.05, 4.69) is 60.3 Å². The van der Waals surface area contributed by atoms with Crippen molar-refractivity contribution in [2.75, 3.05) is 12.8 Å². The number of methoxy groups -OCH3 is 1. The van der Waals surface area contributed by atoms with Crippen molar-refractivity contribution in [1.29, 1.82) is 0 Å². The van der Waals surface area contributed by atoms with Crippen LogP contribution in [-0.2, 0) is 11.8 Å². The van der Waals surface area contributed by atoms with Gasteiger partial charge in [0.05, 0.1) is 29.4 Å². The smallest absolute Gasteiger partial charge is 0.337 e. The Morgan fingerprint density at radius 3 is 2.38 bits per heavy atom. The molecule has 3 heterocycles. The van der Waals surface area contributed by atoms with Gasteiger partial charge in [-0.05, 0) is 35.6 Å². The van der Waals surface area contributed by atoms with Crippen molar-refractivity contribution < 1.29 is 9.53 Å². The molecule has 9 heteroatoms. The summed E-state index contributed by atoms with van der Waals surface area (Å²) < 4.78 is 6.82. The monoisotopic (exact) mass is 512 g/mol. The van der Waals surface area contributed by atoms with E-state index in [1.165, 1.54) is 13.4 Å². The number of fused-ring (bicyclic) bond motifs is 1. The summed E-state index contributed by atoms with van der Waals surface area (Å²) in [7, 11) is 1.50. The fraction of sp³-hybridized carbons (Fsp3) is 0.321. The van der Waals surface area contributed by atoms with Gasteiger partial charge in [-0.3, -0.25) is 0 Å². The molecule has 0 amide bonds. The summed E-state index contributed by atoms with van der Waals surface area (Å²) in [5.41, 5.74) is 15.2. The zero-order valence-electron chi connectivity index (χ0n) is 22.6. The largest absolute Gasteiger partial charge is 0.465 e. The standard InChI is InChI=1S/C28H32N6O2Si/c1-17-20(15-30-21(33-17)13-14-37(7,8)28(2,3)4)24-22(18-9-11-19(12-10-18)27(35)36-6)23-25(29)31-16-32-26(23)34(24)5/h9-12,15-16H,1-8H3,(H2,29,31,32). The van der Waals surface area contributed by atoms with E-state index in [1.807, 2.05) is 36.9 Å². The first-order valence-corrected chi connectivity index (χ1v) is 15.0. The Hall–Kier alpha value is -4.03. The highest BCUT2D eigenvalue weighted by molar-refractivity contribution is 6.87. The van der Waals surface area contributed by atoms with Crippen molar-refractivity contribution in [2.24, 2.45) is 7.05 Å². The maximum absolute atomic E-state index is 12.0. The van der Waals surface area contributed by atoms with Gasteiger partial charge >= 0.3 is 5.97 Å². The van der Waals surface area contributed by atoms with E-state index in [9.17, 15) is 4.79 Å². The summed E-state index contributed by atoms with van der Waals surface area (Å²) in [6, 6.07) is 7.19. The predicted octanol–water partition coefficient (Wildman–Crippen LogP) is 5.17. The highest BCUT2D eigenvalue weighted by atomic mass is 28.3. The van der Waals surface area contributed by atoms with E-state index in [0.717, 1.165) is 33.5 Å². The van der Waals surface area contributed by atoms with Crippen molar-refractivity contribution in [3.05, 3.63) is 53.9 Å². The molecule has 0 bridgehead atoms. The van der Waals surface area contributed by atoms with Gasteiger partial charge in [0.25, 0.3) is 0 Å². The molecule has 0 fully saturated rings. The van der Waals surface area contributed by atoms with E-state index in [-0.39, 0.29) is 5.04 Å². The Morgan fingerprint density at radius 2 is 1.78 bits per heavy atom. The van der Waals surface area contributed by atoms with Gasteiger partial charge in [0.1, 0.15) is 25.9 Å². The number of aryl methyl sites for hydroxylation is 2. The lowest BCUT2D eigenvalue weighted by molar-refractivity contribution is 0.0600. The van der Waals surface area contributed by atoms with Crippen LogP contribution in [0.25, 0.3) is 33.4 Å². The summed E-state index contributed by atoms with van der Waals surface area (Å²) in [5.74, 6) is 3.71. The summed E-state index contributed by atoms with van der Waals surface area (Å²) >= 11 is 0. The Bertz CT molecular complexity index is 1570. The van der Waals surface area contributed by atoms with Crippen molar-refractivity contribution in [3.63, 3.8) is 0 Å². The van der Waals surface area contributed by atoms with E-state index in [4.69, 9.17) is 15.5 Å². The molecular formula is C28H32N6O2Si. The highest BCUT2D eigenvalue weighted by Crippen LogP contribution is 2.42. The lowest BCUT2D eigenvalue weighted by Crippen LogP contribution is -2.35. The van der Waals surface area contributed by atoms with Crippen LogP contribution in [0.3, 0.4) is 0 Å². The number of esters is 1. The number of nitrogens with two attached hydrogens (primary N) is 1. The van der Waals surface area contributed by atoms with Crippen molar-refractivity contribution in [1.82, 2.24) is 24.5 Å². The van der Waals surface area contributed by atoms with Gasteiger partial charge in [0.15, 0.2) is 0 Å². The molecule has 190 valence electrons. The average molecular weight is 513 g/mol. The molecule has 37 heavy (non-hydrogen) atoms. The topological polar surface area (TPSA) is 109 Å². The van der Waals surface area contributed by atoms with Crippen LogP contribution in [0, 0.1) is 18.4 Å². The van der Waals surface area contributed by atoms with Crippen LogP contribution in [0.5, 0.6) is 0 Å². The number of carbonyl (C=O) groups is 1. The molecule has 0 atom stereocenters. The maximum Gasteiger partial charge on any atom is 0.337 e. The van der Waals surface area contributed by atoms with Gasteiger partial charge in [0.2, 0.25) is 5.82 Å². The molecule has 0 saturated heterocycles. The second kappa shape index (κ2) is 9.45. The molecule has 2 N–H and O–H groups in total. The fourth-order valence-electron chi connectivity index (χ4n) is 3.92. The molecular weight excluding hydrogens is 480 g/mol. The Labute approximate surface area is 218 Å². The van der Waals surface area contributed by atoms with Gasteiger partial charge < -0.3 is 15.0 Å². The minimum Gasteiger partial charge on any atom is -0.465 e. The molecule has 0 aliphatic carbocycles. The molecule has 0 spiro atoms. The number of carbonyl (C=O) groups excluding carboxylic acids is 1. The van der Waals surface area contributed by atoms with Crippen LogP contribution in [0.1, 0.15) is 42.6 Å². The third kappa shape index (κ3) is 4.72. The fourth-order valence-corrected chi connectivity index (χ4v) is 4.72. The lowest BCUT2D eigenvalue weighted by Gasteiger charge is -2.31. The number of nitrogen functional groups attached to an aromatic ring is 1. The van der Waals surface area contributed by atoms with Crippen LogP contribution in [-0.4, -0.2) is 45.7 Å². The van der Waals surface area contributed by atoms with Crippen molar-refractivity contribution in [2.45, 2.75) is 45.8 Å². The molecule has 4 aromatic rings. The lowest BCUT2D eigenvalue weighted by atomic mass is 9.98. The minimum absolute atomic E-state index is 0.150. The Morgan fingerprint density at radius 1 is 1.11 bits per heavy atom. The Kier molecular flexibility index (Phi) is 6.65. The number of benzene rings is 1. The summed E-state index contributed by atoms with van der Waals surface area (Å²) in [6.07, 6.45) is 3.26. The molecule has 0 aliphatic rings. The van der Waals surface area contributed by atoms with E-state index in [1.54, 1.807) is 12.1 Å². The van der Waals surface area contributed by atoms with Gasteiger partial charge in [-0.2, -0.15) is 0 Å². The van der Waals surface area contributed by atoms with Crippen LogP contribution in [0.2, 0.25) is 18.1 Å². The number of hydrogen-bond donors (Lipinski definition) is 1. The number of aromatic nitrogens is 5. The first kappa shape index (κ1) is 26.0. The van der Waals surface area contributed by atoms with E-state index < -0.39 is 14.0 Å². The number of anilines is 1. The van der Waals surface area contributed by atoms with Crippen LogP contribution < -0.4 is 5.73 Å². The normalized spacial score (nSPS) is 11.8. The molecule has 0 aliphatic heterocycles. The first-order valence-electron chi connectivity index (χ1n) is 12.0. The van der Waals surface area contributed by atoms with Crippen molar-refractivity contribution in [3.8, 4) is 33.8 Å². The highest BCUT2D eigenvalue weighted by Gasteiger charge is 2.33. The number of hydrogen-bond acceptors (Lipinski definition) is 7. The molecule has 0 saturated carbocycles. The van der Waals surface area contributed by atoms with Crippen LogP contribution in [0.4, 0.5) is 5.82 Å². The second-order valence-corrected chi connectivity index (χ2v) is 15.6. The average Bonchev–Trinajstić information content (AvgIpc) is 3.15. The van der Waals surface area contributed by atoms with Gasteiger partial charge in [-0.15, -0.1) is 5.54 Å². The number of rotatable bonds is 3. The molecule has 4 rings (SSSR count). The van der Waals surface area contributed by atoms with E-state index in [0.29, 0.717) is 22.9 Å². The Balaban J connectivity index is 1.90. The third-order valence-electron chi connectivity index (χ3n) is 7.19. The van der Waals surface area contributed by atoms with Gasteiger partial charge in [0, 0.05) is 24.4 Å². The molecule has 1 aromatic carbocycles. The zero-order chi connectivity index (χ0) is 27.1. The number of nitrogens with zero attached hydrogens (tertiary/aromatic N) is 5. The van der Waals surface area contributed by atoms with E-state index >= 15 is 0 Å². The minimum atomic E-state index is -1.80. The maximum atomic E-state index is 12.0. The molecule has 8 nitrogen and oxygen atoms in total. The molecule has 0 unspecified atom stereocenters. The van der Waals surface area contributed by atoms with Gasteiger partial charge in [-0.1, -0.05) is 46.0 Å². The zero-order valence-corrected chi connectivity index (χ0v) is 23.6. The SMILES string of the molecule is COC(=O)c1ccc(-c2c(-c3cnc(C#C[Si](C)(C)C(C)(C)C)nc3C)n(C)c3ncnc(N)c23)cc1. The second-order valence-electron chi connectivity index (χ2n) is 10.6.